The molecule has 0 radical (unpaired) electrons. The Morgan fingerprint density at radius 3 is 2.16 bits per heavy atom. The van der Waals surface area contributed by atoms with Gasteiger partial charge < -0.3 is 19.7 Å². The zero-order valence-electron chi connectivity index (χ0n) is 28.5. The number of benzene rings is 4. The maximum atomic E-state index is 12.8. The van der Waals surface area contributed by atoms with Crippen molar-refractivity contribution < 1.29 is 29.3 Å². The lowest BCUT2D eigenvalue weighted by Crippen LogP contribution is -2.53. The van der Waals surface area contributed by atoms with Crippen molar-refractivity contribution in [3.8, 4) is 11.5 Å². The summed E-state index contributed by atoms with van der Waals surface area (Å²) in [7, 11) is 0. The Bertz CT molecular complexity index is 1760. The zero-order valence-corrected chi connectivity index (χ0v) is 31.6. The molecule has 0 saturated carbocycles. The number of aliphatic carboxylic acids is 2. The normalized spacial score (nSPS) is 16.5. The SMILES string of the molecule is CCC(COc1ccccc1Sc1cccc(Cl)c1)N(CC)C(CC(C(=O)O)N1CC[C@@H](Oc2ccccc2Sc2ccc(Cl)cc2)C1)C(=O)O. The van der Waals surface area contributed by atoms with E-state index in [1.54, 1.807) is 11.8 Å². The second kappa shape index (κ2) is 18.9. The molecule has 51 heavy (non-hydrogen) atoms. The van der Waals surface area contributed by atoms with Crippen LogP contribution in [0.15, 0.2) is 117 Å². The van der Waals surface area contributed by atoms with E-state index in [1.165, 1.54) is 11.8 Å². The molecule has 0 bridgehead atoms. The fraction of sp³-hybridized carbons (Fsp3) is 0.333. The van der Waals surface area contributed by atoms with Crippen molar-refractivity contribution in [2.24, 2.45) is 0 Å². The molecule has 3 unspecified atom stereocenters. The van der Waals surface area contributed by atoms with Crippen LogP contribution in [0.25, 0.3) is 0 Å². The first-order chi connectivity index (χ1) is 24.6. The lowest BCUT2D eigenvalue weighted by molar-refractivity contribution is -0.149. The number of nitrogens with zero attached hydrogens (tertiary/aromatic N) is 2. The first-order valence-corrected chi connectivity index (χ1v) is 19.3. The van der Waals surface area contributed by atoms with Crippen molar-refractivity contribution in [1.82, 2.24) is 9.80 Å². The van der Waals surface area contributed by atoms with E-state index >= 15 is 0 Å². The van der Waals surface area contributed by atoms with Crippen molar-refractivity contribution in [3.63, 3.8) is 0 Å². The van der Waals surface area contributed by atoms with Crippen LogP contribution in [0.5, 0.6) is 11.5 Å². The van der Waals surface area contributed by atoms with Crippen LogP contribution < -0.4 is 9.47 Å². The maximum absolute atomic E-state index is 12.8. The van der Waals surface area contributed by atoms with Gasteiger partial charge in [0.2, 0.25) is 0 Å². The van der Waals surface area contributed by atoms with Crippen molar-refractivity contribution in [2.75, 3.05) is 26.2 Å². The van der Waals surface area contributed by atoms with Crippen molar-refractivity contribution in [1.29, 1.82) is 0 Å². The summed E-state index contributed by atoms with van der Waals surface area (Å²) >= 11 is 15.4. The zero-order chi connectivity index (χ0) is 36.3. The highest BCUT2D eigenvalue weighted by Crippen LogP contribution is 2.38. The van der Waals surface area contributed by atoms with Gasteiger partial charge in [-0.05, 0) is 92.5 Å². The van der Waals surface area contributed by atoms with E-state index < -0.39 is 24.0 Å². The number of para-hydroxylation sites is 2. The molecule has 0 aliphatic carbocycles. The van der Waals surface area contributed by atoms with Crippen LogP contribution in [-0.2, 0) is 9.59 Å². The fourth-order valence-electron chi connectivity index (χ4n) is 6.25. The summed E-state index contributed by atoms with van der Waals surface area (Å²) in [5.74, 6) is -0.704. The molecule has 12 heteroatoms. The second-order valence-corrected chi connectivity index (χ2v) is 15.3. The van der Waals surface area contributed by atoms with Crippen LogP contribution >= 0.6 is 46.7 Å². The molecule has 4 atom stereocenters. The lowest BCUT2D eigenvalue weighted by atomic mass is 10.0. The monoisotopic (exact) mass is 768 g/mol. The second-order valence-electron chi connectivity index (χ2n) is 12.2. The number of rotatable bonds is 18. The fourth-order valence-corrected chi connectivity index (χ4v) is 8.48. The average Bonchev–Trinajstić information content (AvgIpc) is 3.57. The summed E-state index contributed by atoms with van der Waals surface area (Å²) in [6.07, 6.45) is 0.917. The Hall–Kier alpha value is -3.38. The Morgan fingerprint density at radius 1 is 0.843 bits per heavy atom. The maximum Gasteiger partial charge on any atom is 0.321 e. The van der Waals surface area contributed by atoms with Crippen LogP contribution in [0.4, 0.5) is 0 Å². The molecule has 4 aromatic rings. The molecule has 1 saturated heterocycles. The number of ether oxygens (including phenoxy) is 2. The molecule has 5 rings (SSSR count). The molecule has 1 heterocycles. The highest BCUT2D eigenvalue weighted by molar-refractivity contribution is 7.99. The van der Waals surface area contributed by atoms with Gasteiger partial charge in [0.25, 0.3) is 0 Å². The summed E-state index contributed by atoms with van der Waals surface area (Å²) in [6, 6.07) is 28.4. The van der Waals surface area contributed by atoms with Crippen molar-refractivity contribution >= 4 is 58.7 Å². The molecular weight excluding hydrogens is 727 g/mol. The largest absolute Gasteiger partial charge is 0.491 e. The number of likely N-dealkylation sites (N-methyl/N-ethyl adjacent to an activating group) is 1. The van der Waals surface area contributed by atoms with Gasteiger partial charge in [-0.1, -0.05) is 90.9 Å². The van der Waals surface area contributed by atoms with Gasteiger partial charge in [-0.15, -0.1) is 0 Å². The first-order valence-electron chi connectivity index (χ1n) is 16.9. The number of likely N-dealkylation sites (tertiary alicyclic amines) is 1. The number of carbonyl (C=O) groups is 2. The smallest absolute Gasteiger partial charge is 0.321 e. The van der Waals surface area contributed by atoms with Gasteiger partial charge in [0.15, 0.2) is 0 Å². The molecule has 0 aromatic heterocycles. The van der Waals surface area contributed by atoms with E-state index in [-0.39, 0.29) is 25.2 Å². The molecule has 2 N–H and O–H groups in total. The van der Waals surface area contributed by atoms with E-state index in [0.29, 0.717) is 48.3 Å². The summed E-state index contributed by atoms with van der Waals surface area (Å²) < 4.78 is 12.8. The van der Waals surface area contributed by atoms with E-state index in [0.717, 1.165) is 25.3 Å². The van der Waals surface area contributed by atoms with E-state index in [4.69, 9.17) is 32.7 Å². The quantitative estimate of drug-likeness (QED) is 0.102. The van der Waals surface area contributed by atoms with Gasteiger partial charge in [-0.2, -0.15) is 0 Å². The Morgan fingerprint density at radius 2 is 1.51 bits per heavy atom. The van der Waals surface area contributed by atoms with Crippen molar-refractivity contribution in [2.45, 2.75) is 76.9 Å². The number of halogens is 2. The Kier molecular flexibility index (Phi) is 14.4. The Balaban J connectivity index is 1.24. The molecule has 1 fully saturated rings. The minimum Gasteiger partial charge on any atom is -0.491 e. The van der Waals surface area contributed by atoms with Gasteiger partial charge in [-0.25, -0.2) is 0 Å². The van der Waals surface area contributed by atoms with E-state index in [9.17, 15) is 19.8 Å². The highest BCUT2D eigenvalue weighted by atomic mass is 35.5. The summed E-state index contributed by atoms with van der Waals surface area (Å²) in [5.41, 5.74) is 0. The summed E-state index contributed by atoms with van der Waals surface area (Å²) in [5, 5.41) is 22.2. The third kappa shape index (κ3) is 10.8. The molecular formula is C39H42Cl2N2O6S2. The van der Waals surface area contributed by atoms with Crippen LogP contribution in [0.2, 0.25) is 10.0 Å². The first kappa shape index (κ1) is 38.8. The van der Waals surface area contributed by atoms with Crippen LogP contribution in [-0.4, -0.2) is 82.4 Å². The molecule has 8 nitrogen and oxygen atoms in total. The highest BCUT2D eigenvalue weighted by Gasteiger charge is 2.40. The van der Waals surface area contributed by atoms with Crippen molar-refractivity contribution in [3.05, 3.63) is 107 Å². The number of hydrogen-bond acceptors (Lipinski definition) is 8. The van der Waals surface area contributed by atoms with E-state index in [1.807, 2.05) is 121 Å². The van der Waals surface area contributed by atoms with Gasteiger partial charge in [0.05, 0.1) is 9.79 Å². The van der Waals surface area contributed by atoms with Gasteiger partial charge >= 0.3 is 11.9 Å². The van der Waals surface area contributed by atoms with Gasteiger partial charge in [-0.3, -0.25) is 19.4 Å². The molecule has 1 aliphatic heterocycles. The van der Waals surface area contributed by atoms with Gasteiger partial charge in [0.1, 0.15) is 36.3 Å². The number of hydrogen-bond donors (Lipinski definition) is 2. The lowest BCUT2D eigenvalue weighted by Gasteiger charge is -2.37. The topological polar surface area (TPSA) is 99.5 Å². The molecule has 0 spiro atoms. The van der Waals surface area contributed by atoms with Gasteiger partial charge in [0, 0.05) is 39.0 Å². The predicted octanol–water partition coefficient (Wildman–Crippen LogP) is 9.22. The average molecular weight is 770 g/mol. The predicted molar refractivity (Wildman–Crippen MR) is 204 cm³/mol. The third-order valence-corrected chi connectivity index (χ3v) is 11.4. The molecule has 270 valence electrons. The summed E-state index contributed by atoms with van der Waals surface area (Å²) in [4.78, 5) is 33.1. The number of carboxylic acids is 2. The standard InChI is InChI=1S/C39H42Cl2N2O6S2/c1-3-28(25-48-34-12-5-7-14-36(34)51-31-11-9-10-27(41)22-31)43(4-2)33(39(46)47)23-32(38(44)45)42-21-20-29(24-42)49-35-13-6-8-15-37(35)50-30-18-16-26(40)17-19-30/h5-19,22,28-29,32-33H,3-4,20-21,23-25H2,1-2H3,(H,44,45)(H,46,47)/t28?,29-,32?,33?/m1/s1. The Labute approximate surface area is 318 Å². The molecule has 1 aliphatic rings. The minimum atomic E-state index is -1.06. The van der Waals surface area contributed by atoms with Crippen LogP contribution in [0.1, 0.15) is 33.1 Å². The van der Waals surface area contributed by atoms with Crippen LogP contribution in [0.3, 0.4) is 0 Å². The van der Waals surface area contributed by atoms with E-state index in [2.05, 4.69) is 0 Å². The third-order valence-electron chi connectivity index (χ3n) is 8.83. The molecule has 0 amide bonds. The summed E-state index contributed by atoms with van der Waals surface area (Å²) in [6.45, 7) is 5.40. The minimum absolute atomic E-state index is 0.0774. The number of carboxylic acid groups (broad SMARTS) is 2. The molecule has 4 aromatic carbocycles. The van der Waals surface area contributed by atoms with Crippen LogP contribution in [0, 0.1) is 0 Å².